The number of amides is 1. The van der Waals surface area contributed by atoms with Gasteiger partial charge in [0.05, 0.1) is 4.90 Å². The minimum atomic E-state index is -3.78. The Morgan fingerprint density at radius 1 is 1.00 bits per heavy atom. The Morgan fingerprint density at radius 3 is 2.24 bits per heavy atom. The lowest BCUT2D eigenvalue weighted by Crippen LogP contribution is -2.28. The number of rotatable bonds is 6. The monoisotopic (exact) mass is 481 g/mol. The highest BCUT2D eigenvalue weighted by molar-refractivity contribution is 7.89. The van der Waals surface area contributed by atoms with Crippen molar-refractivity contribution in [1.29, 1.82) is 0 Å². The Hall–Kier alpha value is -3.34. The maximum Gasteiger partial charge on any atom is 0.243 e. The number of carbonyl (C=O) groups is 1. The average molecular weight is 482 g/mol. The number of carbonyl (C=O) groups excluding carboxylic acids is 1. The van der Waals surface area contributed by atoms with Crippen LogP contribution in [0.3, 0.4) is 0 Å². The first-order chi connectivity index (χ1) is 16.3. The van der Waals surface area contributed by atoms with Crippen LogP contribution < -0.4 is 11.1 Å². The van der Waals surface area contributed by atoms with Gasteiger partial charge in [-0.15, -0.1) is 0 Å². The summed E-state index contributed by atoms with van der Waals surface area (Å²) >= 11 is 0. The number of nitrogen functional groups attached to an aromatic ring is 1. The van der Waals surface area contributed by atoms with Gasteiger partial charge in [-0.3, -0.25) is 4.79 Å². The molecule has 3 aromatic rings. The topological polar surface area (TPSA) is 128 Å². The quantitative estimate of drug-likeness (QED) is 0.554. The molecule has 0 saturated carbocycles. The van der Waals surface area contributed by atoms with E-state index in [1.807, 2.05) is 24.3 Å². The number of hydrogen-bond acceptors (Lipinski definition) is 7. The third-order valence-electron chi connectivity index (χ3n) is 5.80. The van der Waals surface area contributed by atoms with Crippen LogP contribution in [0.15, 0.2) is 59.8 Å². The van der Waals surface area contributed by atoms with E-state index >= 15 is 0 Å². The predicted octanol–water partition coefficient (Wildman–Crippen LogP) is 3.01. The molecule has 0 unspecified atom stereocenters. The Balaban J connectivity index is 1.67. The zero-order valence-electron chi connectivity index (χ0n) is 19.1. The number of sulfonamides is 1. The van der Waals surface area contributed by atoms with Gasteiger partial charge in [0.25, 0.3) is 0 Å². The number of aromatic nitrogens is 2. The van der Waals surface area contributed by atoms with Crippen LogP contribution >= 0.6 is 0 Å². The number of anilines is 2. The molecule has 178 valence electrons. The molecule has 9 nitrogen and oxygen atoms in total. The van der Waals surface area contributed by atoms with Crippen molar-refractivity contribution in [3.05, 3.63) is 54.9 Å². The van der Waals surface area contributed by atoms with Crippen LogP contribution in [0, 0.1) is 5.92 Å². The van der Waals surface area contributed by atoms with Crippen LogP contribution in [0.25, 0.3) is 22.3 Å². The molecule has 34 heavy (non-hydrogen) atoms. The third kappa shape index (κ3) is 5.09. The first-order valence-electron chi connectivity index (χ1n) is 10.9. The molecule has 2 aromatic carbocycles. The van der Waals surface area contributed by atoms with Gasteiger partial charge in [-0.25, -0.2) is 22.7 Å². The summed E-state index contributed by atoms with van der Waals surface area (Å²) in [6.45, 7) is 1.10. The highest BCUT2D eigenvalue weighted by Crippen LogP contribution is 2.33. The molecule has 10 heteroatoms. The fraction of sp³-hybridized carbons (Fsp3) is 0.292. The Bertz CT molecular complexity index is 1270. The fourth-order valence-electron chi connectivity index (χ4n) is 3.78. The van der Waals surface area contributed by atoms with Gasteiger partial charge in [0.1, 0.15) is 0 Å². The maximum atomic E-state index is 13.2. The van der Waals surface area contributed by atoms with Crippen molar-refractivity contribution in [2.24, 2.45) is 5.92 Å². The Kier molecular flexibility index (Phi) is 6.92. The maximum absolute atomic E-state index is 13.2. The third-order valence-corrected chi connectivity index (χ3v) is 7.66. The van der Waals surface area contributed by atoms with E-state index in [9.17, 15) is 13.2 Å². The first kappa shape index (κ1) is 23.8. The van der Waals surface area contributed by atoms with Crippen molar-refractivity contribution in [2.45, 2.75) is 17.7 Å². The van der Waals surface area contributed by atoms with Gasteiger partial charge in [-0.2, -0.15) is 0 Å². The van der Waals surface area contributed by atoms with Gasteiger partial charge in [0.2, 0.25) is 21.9 Å². The Morgan fingerprint density at radius 2 is 1.62 bits per heavy atom. The van der Waals surface area contributed by atoms with Crippen LogP contribution in [0.5, 0.6) is 0 Å². The molecule has 1 saturated heterocycles. The lowest BCUT2D eigenvalue weighted by Gasteiger charge is -2.22. The van der Waals surface area contributed by atoms with Gasteiger partial charge in [-0.1, -0.05) is 30.3 Å². The van der Waals surface area contributed by atoms with E-state index in [1.54, 1.807) is 24.5 Å². The molecule has 0 atom stereocenters. The number of nitrogens with zero attached hydrogens (tertiary/aromatic N) is 3. The molecular formula is C24H27N5O4S. The summed E-state index contributed by atoms with van der Waals surface area (Å²) in [6.07, 6.45) is 4.57. The van der Waals surface area contributed by atoms with Crippen molar-refractivity contribution >= 4 is 27.6 Å². The minimum Gasteiger partial charge on any atom is -0.381 e. The molecule has 0 aliphatic carbocycles. The molecule has 0 bridgehead atoms. The molecule has 0 radical (unpaired) electrons. The van der Waals surface area contributed by atoms with E-state index in [-0.39, 0.29) is 22.7 Å². The van der Waals surface area contributed by atoms with Crippen molar-refractivity contribution < 1.29 is 17.9 Å². The number of nitrogens with one attached hydrogen (secondary N) is 1. The number of benzene rings is 2. The molecule has 1 aliphatic heterocycles. The minimum absolute atomic E-state index is 0.117. The molecule has 2 heterocycles. The zero-order valence-corrected chi connectivity index (χ0v) is 19.9. The fourth-order valence-corrected chi connectivity index (χ4v) is 4.92. The van der Waals surface area contributed by atoms with Crippen molar-refractivity contribution in [3.8, 4) is 22.3 Å². The van der Waals surface area contributed by atoms with E-state index in [4.69, 9.17) is 10.5 Å². The first-order valence-corrected chi connectivity index (χ1v) is 12.3. The van der Waals surface area contributed by atoms with Gasteiger partial charge in [0.15, 0.2) is 0 Å². The summed E-state index contributed by atoms with van der Waals surface area (Å²) in [4.78, 5) is 20.8. The predicted molar refractivity (Wildman–Crippen MR) is 130 cm³/mol. The van der Waals surface area contributed by atoms with Gasteiger partial charge >= 0.3 is 0 Å². The van der Waals surface area contributed by atoms with E-state index in [2.05, 4.69) is 15.3 Å². The molecule has 1 aromatic heterocycles. The summed E-state index contributed by atoms with van der Waals surface area (Å²) in [5.41, 5.74) is 8.94. The van der Waals surface area contributed by atoms with Crippen LogP contribution in [0.4, 0.5) is 11.6 Å². The van der Waals surface area contributed by atoms with Gasteiger partial charge in [0, 0.05) is 62.4 Å². The zero-order chi connectivity index (χ0) is 24.3. The smallest absolute Gasteiger partial charge is 0.243 e. The largest absolute Gasteiger partial charge is 0.381 e. The summed E-state index contributed by atoms with van der Waals surface area (Å²) in [5.74, 6) is -0.0746. The molecule has 3 N–H and O–H groups in total. The molecule has 4 rings (SSSR count). The second-order valence-electron chi connectivity index (χ2n) is 8.28. The lowest BCUT2D eigenvalue weighted by molar-refractivity contribution is -0.122. The van der Waals surface area contributed by atoms with E-state index in [1.165, 1.54) is 20.2 Å². The van der Waals surface area contributed by atoms with E-state index < -0.39 is 10.0 Å². The van der Waals surface area contributed by atoms with Crippen molar-refractivity contribution in [2.75, 3.05) is 38.4 Å². The van der Waals surface area contributed by atoms with Crippen LogP contribution in [0.2, 0.25) is 0 Å². The summed E-state index contributed by atoms with van der Waals surface area (Å²) in [6, 6.07) is 12.4. The number of ether oxygens (including phenoxy) is 1. The van der Waals surface area contributed by atoms with Crippen molar-refractivity contribution in [1.82, 2.24) is 14.3 Å². The molecule has 1 aliphatic rings. The van der Waals surface area contributed by atoms with Crippen LogP contribution in [-0.2, 0) is 19.6 Å². The standard InChI is InChI=1S/C24H27N5O4S/c1-29(2)34(31,32)22-13-20(28-23(30)18-9-11-33-12-10-18)7-8-21(22)17-5-3-16(4-6-17)19-14-26-24(25)27-15-19/h3-8,13-15,18H,9-12H2,1-2H3,(H,28,30)(H2,25,26,27). The van der Waals surface area contributed by atoms with E-state index in [0.717, 1.165) is 21.0 Å². The van der Waals surface area contributed by atoms with Crippen LogP contribution in [-0.4, -0.2) is 55.9 Å². The lowest BCUT2D eigenvalue weighted by atomic mass is 9.99. The second-order valence-corrected chi connectivity index (χ2v) is 10.4. The molecular weight excluding hydrogens is 454 g/mol. The van der Waals surface area contributed by atoms with Crippen LogP contribution in [0.1, 0.15) is 12.8 Å². The highest BCUT2D eigenvalue weighted by Gasteiger charge is 2.25. The highest BCUT2D eigenvalue weighted by atomic mass is 32.2. The normalized spacial score (nSPS) is 14.8. The number of nitrogens with two attached hydrogens (primary N) is 1. The van der Waals surface area contributed by atoms with E-state index in [0.29, 0.717) is 37.3 Å². The molecule has 0 spiro atoms. The summed E-state index contributed by atoms with van der Waals surface area (Å²) < 4.78 is 32.8. The number of hydrogen-bond donors (Lipinski definition) is 2. The Labute approximate surface area is 199 Å². The average Bonchev–Trinajstić information content (AvgIpc) is 2.85. The summed E-state index contributed by atoms with van der Waals surface area (Å²) in [7, 11) is -0.812. The summed E-state index contributed by atoms with van der Waals surface area (Å²) in [5, 5.41) is 2.88. The molecule has 1 fully saturated rings. The second kappa shape index (κ2) is 9.88. The molecule has 1 amide bonds. The SMILES string of the molecule is CN(C)S(=O)(=O)c1cc(NC(=O)C2CCOCC2)ccc1-c1ccc(-c2cnc(N)nc2)cc1. The van der Waals surface area contributed by atoms with Gasteiger partial charge in [-0.05, 0) is 36.1 Å². The van der Waals surface area contributed by atoms with Crippen molar-refractivity contribution in [3.63, 3.8) is 0 Å². The van der Waals surface area contributed by atoms with Gasteiger partial charge < -0.3 is 15.8 Å².